The van der Waals surface area contributed by atoms with Gasteiger partial charge in [0.2, 0.25) is 0 Å². The van der Waals surface area contributed by atoms with E-state index in [9.17, 15) is 14.7 Å². The second-order valence-corrected chi connectivity index (χ2v) is 11.9. The SMILES string of the molecule is Cc1c(F)cc(C(=O)NC2CC2)cc1-c1ccc2c(=O)n(CC3(CO)CC3)cc(CN3CCNCC3C)c2c1. The van der Waals surface area contributed by atoms with Gasteiger partial charge in [-0.15, -0.1) is 0 Å². The first-order valence-electron chi connectivity index (χ1n) is 14.1. The Bertz CT molecular complexity index is 1490. The Morgan fingerprint density at radius 2 is 2.00 bits per heavy atom. The van der Waals surface area contributed by atoms with Crippen molar-refractivity contribution in [2.45, 2.75) is 64.7 Å². The van der Waals surface area contributed by atoms with Crippen LogP contribution in [0.4, 0.5) is 4.39 Å². The Morgan fingerprint density at radius 1 is 1.21 bits per heavy atom. The molecular weight excluding hydrogens is 495 g/mol. The normalized spacial score (nSPS) is 20.8. The number of nitrogens with one attached hydrogen (secondary N) is 2. The van der Waals surface area contributed by atoms with E-state index in [-0.39, 0.29) is 29.5 Å². The summed E-state index contributed by atoms with van der Waals surface area (Å²) < 4.78 is 16.8. The summed E-state index contributed by atoms with van der Waals surface area (Å²) in [5, 5.41) is 17.8. The van der Waals surface area contributed by atoms with Crippen LogP contribution in [0.2, 0.25) is 0 Å². The van der Waals surface area contributed by atoms with E-state index in [1.54, 1.807) is 17.6 Å². The first-order chi connectivity index (χ1) is 18.8. The van der Waals surface area contributed by atoms with Gasteiger partial charge in [0.25, 0.3) is 11.5 Å². The Morgan fingerprint density at radius 3 is 2.69 bits per heavy atom. The molecule has 2 heterocycles. The highest BCUT2D eigenvalue weighted by Crippen LogP contribution is 2.46. The van der Waals surface area contributed by atoms with Gasteiger partial charge in [-0.05, 0) is 91.4 Å². The number of aliphatic hydroxyl groups excluding tert-OH is 1. The second kappa shape index (κ2) is 10.2. The number of carbonyl (C=O) groups excluding carboxylic acids is 1. The molecule has 2 saturated carbocycles. The van der Waals surface area contributed by atoms with E-state index in [2.05, 4.69) is 22.5 Å². The number of aliphatic hydroxyl groups is 1. The maximum absolute atomic E-state index is 15.0. The summed E-state index contributed by atoms with van der Waals surface area (Å²) in [6, 6.07) is 9.27. The molecule has 0 spiro atoms. The monoisotopic (exact) mass is 532 g/mol. The number of aromatic nitrogens is 1. The largest absolute Gasteiger partial charge is 0.396 e. The zero-order chi connectivity index (χ0) is 27.3. The smallest absolute Gasteiger partial charge is 0.258 e. The van der Waals surface area contributed by atoms with Crippen molar-refractivity contribution >= 4 is 16.7 Å². The van der Waals surface area contributed by atoms with Gasteiger partial charge in [-0.2, -0.15) is 0 Å². The summed E-state index contributed by atoms with van der Waals surface area (Å²) >= 11 is 0. The topological polar surface area (TPSA) is 86.6 Å². The number of nitrogens with zero attached hydrogens (tertiary/aromatic N) is 2. The zero-order valence-corrected chi connectivity index (χ0v) is 22.7. The molecule has 2 aromatic carbocycles. The second-order valence-electron chi connectivity index (χ2n) is 11.9. The maximum atomic E-state index is 15.0. The number of piperazine rings is 1. The van der Waals surface area contributed by atoms with Crippen molar-refractivity contribution in [2.75, 3.05) is 26.2 Å². The number of amides is 1. The van der Waals surface area contributed by atoms with E-state index >= 15 is 4.39 Å². The molecule has 1 saturated heterocycles. The number of carbonyl (C=O) groups is 1. The first kappa shape index (κ1) is 26.2. The fourth-order valence-corrected chi connectivity index (χ4v) is 5.73. The third kappa shape index (κ3) is 5.25. The minimum atomic E-state index is -0.419. The van der Waals surface area contributed by atoms with Gasteiger partial charge >= 0.3 is 0 Å². The van der Waals surface area contributed by atoms with E-state index in [4.69, 9.17) is 0 Å². The third-order valence-corrected chi connectivity index (χ3v) is 8.81. The van der Waals surface area contributed by atoms with E-state index in [0.717, 1.165) is 61.8 Å². The average molecular weight is 533 g/mol. The van der Waals surface area contributed by atoms with E-state index in [0.29, 0.717) is 41.2 Å². The van der Waals surface area contributed by atoms with E-state index < -0.39 is 5.82 Å². The Labute approximate surface area is 228 Å². The summed E-state index contributed by atoms with van der Waals surface area (Å²) in [5.41, 5.74) is 2.98. The van der Waals surface area contributed by atoms with Crippen LogP contribution >= 0.6 is 0 Å². The highest BCUT2D eigenvalue weighted by Gasteiger charge is 2.42. The van der Waals surface area contributed by atoms with Crippen molar-refractivity contribution < 1.29 is 14.3 Å². The molecule has 3 aromatic rings. The minimum Gasteiger partial charge on any atom is -0.396 e. The van der Waals surface area contributed by atoms with Crippen molar-refractivity contribution in [3.05, 3.63) is 69.4 Å². The van der Waals surface area contributed by atoms with Crippen LogP contribution in [0.15, 0.2) is 41.3 Å². The van der Waals surface area contributed by atoms with Gasteiger partial charge in [0.1, 0.15) is 5.82 Å². The summed E-state index contributed by atoms with van der Waals surface area (Å²) in [7, 11) is 0. The van der Waals surface area contributed by atoms with Crippen LogP contribution in [-0.2, 0) is 13.1 Å². The van der Waals surface area contributed by atoms with Gasteiger partial charge in [-0.3, -0.25) is 14.5 Å². The van der Waals surface area contributed by atoms with Gasteiger partial charge in [0, 0.05) is 67.4 Å². The van der Waals surface area contributed by atoms with Crippen LogP contribution in [0.1, 0.15) is 54.1 Å². The number of rotatable bonds is 8. The number of hydrogen-bond donors (Lipinski definition) is 3. The average Bonchev–Trinajstić information content (AvgIpc) is 3.87. The van der Waals surface area contributed by atoms with Gasteiger partial charge < -0.3 is 20.3 Å². The molecule has 6 rings (SSSR count). The fraction of sp³-hybridized carbons (Fsp3) is 0.484. The molecule has 3 aliphatic rings. The molecule has 1 amide bonds. The maximum Gasteiger partial charge on any atom is 0.258 e. The number of fused-ring (bicyclic) bond motifs is 1. The Kier molecular flexibility index (Phi) is 6.81. The fourth-order valence-electron chi connectivity index (χ4n) is 5.73. The van der Waals surface area contributed by atoms with Crippen LogP contribution in [0, 0.1) is 18.2 Å². The van der Waals surface area contributed by atoms with E-state index in [1.165, 1.54) is 6.07 Å². The molecule has 0 radical (unpaired) electrons. The van der Waals surface area contributed by atoms with E-state index in [1.807, 2.05) is 24.4 Å². The molecule has 7 nitrogen and oxygen atoms in total. The molecule has 3 N–H and O–H groups in total. The van der Waals surface area contributed by atoms with Crippen molar-refractivity contribution in [1.82, 2.24) is 20.1 Å². The molecular formula is C31H37FN4O3. The molecule has 1 aromatic heterocycles. The van der Waals surface area contributed by atoms with Crippen molar-refractivity contribution in [3.63, 3.8) is 0 Å². The number of halogens is 1. The summed E-state index contributed by atoms with van der Waals surface area (Å²) in [6.45, 7) is 7.92. The zero-order valence-electron chi connectivity index (χ0n) is 22.7. The standard InChI is InChI=1S/C31H37FN4O3/c1-19-14-33-9-10-35(19)15-23-16-36(17-31(18-37)7-8-31)30(39)25-6-3-21(11-27(23)25)26-12-22(13-28(32)20(26)2)29(38)34-24-4-5-24/h3,6,11-13,16,19,24,33,37H,4-5,7-10,14-15,17-18H2,1-2H3,(H,34,38). The highest BCUT2D eigenvalue weighted by molar-refractivity contribution is 5.97. The molecule has 8 heteroatoms. The van der Waals surface area contributed by atoms with Gasteiger partial charge in [0.05, 0.1) is 6.61 Å². The molecule has 1 unspecified atom stereocenters. The van der Waals surface area contributed by atoms with Crippen LogP contribution < -0.4 is 16.2 Å². The molecule has 1 atom stereocenters. The van der Waals surface area contributed by atoms with Crippen molar-refractivity contribution in [1.29, 1.82) is 0 Å². The quantitative estimate of drug-likeness (QED) is 0.413. The number of hydrogen-bond acceptors (Lipinski definition) is 5. The minimum absolute atomic E-state index is 0.0751. The number of pyridine rings is 1. The lowest BCUT2D eigenvalue weighted by Crippen LogP contribution is -2.49. The first-order valence-corrected chi connectivity index (χ1v) is 14.1. The molecule has 0 bridgehead atoms. The van der Waals surface area contributed by atoms with Gasteiger partial charge in [-0.1, -0.05) is 6.07 Å². The summed E-state index contributed by atoms with van der Waals surface area (Å²) in [6.07, 6.45) is 5.73. The van der Waals surface area contributed by atoms with Crippen molar-refractivity contribution in [3.8, 4) is 11.1 Å². The van der Waals surface area contributed by atoms with Gasteiger partial charge in [-0.25, -0.2) is 4.39 Å². The molecule has 39 heavy (non-hydrogen) atoms. The molecule has 206 valence electrons. The lowest BCUT2D eigenvalue weighted by molar-refractivity contribution is 0.0950. The van der Waals surface area contributed by atoms with Crippen LogP contribution in [0.3, 0.4) is 0 Å². The molecule has 1 aliphatic heterocycles. The predicted octanol–water partition coefficient (Wildman–Crippen LogP) is 3.57. The lowest BCUT2D eigenvalue weighted by atomic mass is 9.94. The van der Waals surface area contributed by atoms with Gasteiger partial charge in [0.15, 0.2) is 0 Å². The summed E-state index contributed by atoms with van der Waals surface area (Å²) in [5.74, 6) is -0.676. The molecule has 2 aliphatic carbocycles. The summed E-state index contributed by atoms with van der Waals surface area (Å²) in [4.78, 5) is 28.8. The molecule has 3 fully saturated rings. The van der Waals surface area contributed by atoms with Crippen LogP contribution in [0.25, 0.3) is 21.9 Å². The predicted molar refractivity (Wildman–Crippen MR) is 150 cm³/mol. The Balaban J connectivity index is 1.45. The van der Waals surface area contributed by atoms with Crippen LogP contribution in [0.5, 0.6) is 0 Å². The van der Waals surface area contributed by atoms with Crippen molar-refractivity contribution in [2.24, 2.45) is 5.41 Å². The number of benzene rings is 2. The lowest BCUT2D eigenvalue weighted by Gasteiger charge is -2.34. The third-order valence-electron chi connectivity index (χ3n) is 8.81. The van der Waals surface area contributed by atoms with Crippen LogP contribution in [-0.4, -0.2) is 58.8 Å². The Hall–Kier alpha value is -3.07. The highest BCUT2D eigenvalue weighted by atomic mass is 19.1.